The van der Waals surface area contributed by atoms with Crippen molar-refractivity contribution in [2.24, 2.45) is 5.92 Å². The van der Waals surface area contributed by atoms with E-state index in [1.54, 1.807) is 11.3 Å². The Bertz CT molecular complexity index is 701. The maximum Gasteiger partial charge on any atom is 0.226 e. The van der Waals surface area contributed by atoms with Gasteiger partial charge in [-0.2, -0.15) is 10.1 Å². The Morgan fingerprint density at radius 3 is 3.15 bits per heavy atom. The first-order valence-electron chi connectivity index (χ1n) is 6.70. The van der Waals surface area contributed by atoms with Gasteiger partial charge in [-0.1, -0.05) is 13.0 Å². The van der Waals surface area contributed by atoms with Gasteiger partial charge in [-0.15, -0.1) is 11.3 Å². The maximum atomic E-state index is 12.5. The third kappa shape index (κ3) is 1.64. The topological polar surface area (TPSA) is 59.8 Å². The van der Waals surface area contributed by atoms with Gasteiger partial charge in [0.2, 0.25) is 5.95 Å². The van der Waals surface area contributed by atoms with E-state index in [-0.39, 0.29) is 11.8 Å². The summed E-state index contributed by atoms with van der Waals surface area (Å²) in [6.07, 6.45) is 3.05. The van der Waals surface area contributed by atoms with E-state index < -0.39 is 0 Å². The van der Waals surface area contributed by atoms with Gasteiger partial charge < -0.3 is 5.32 Å². The quantitative estimate of drug-likeness (QED) is 0.875. The molecule has 0 aromatic carbocycles. The highest BCUT2D eigenvalue weighted by Gasteiger charge is 2.38. The van der Waals surface area contributed by atoms with Crippen LogP contribution in [0.1, 0.15) is 30.7 Å². The van der Waals surface area contributed by atoms with Gasteiger partial charge in [-0.25, -0.2) is 4.68 Å². The van der Waals surface area contributed by atoms with Crippen LogP contribution < -0.4 is 5.32 Å². The highest BCUT2D eigenvalue weighted by molar-refractivity contribution is 7.10. The van der Waals surface area contributed by atoms with Crippen LogP contribution in [0.2, 0.25) is 0 Å². The summed E-state index contributed by atoms with van der Waals surface area (Å²) in [7, 11) is 0. The number of allylic oxidation sites excluding steroid dienone is 2. The molecule has 1 aliphatic heterocycles. The van der Waals surface area contributed by atoms with Crippen molar-refractivity contribution in [2.45, 2.75) is 25.8 Å². The van der Waals surface area contributed by atoms with Gasteiger partial charge in [-0.05, 0) is 23.8 Å². The van der Waals surface area contributed by atoms with Crippen LogP contribution in [0.15, 0.2) is 35.1 Å². The average molecular weight is 286 g/mol. The highest BCUT2D eigenvalue weighted by atomic mass is 32.1. The molecule has 20 heavy (non-hydrogen) atoms. The van der Waals surface area contributed by atoms with Crippen molar-refractivity contribution < 1.29 is 4.79 Å². The lowest BCUT2D eigenvalue weighted by molar-refractivity contribution is -0.117. The van der Waals surface area contributed by atoms with Crippen LogP contribution in [0, 0.1) is 5.92 Å². The molecule has 102 valence electrons. The van der Waals surface area contributed by atoms with Gasteiger partial charge in [0.25, 0.3) is 0 Å². The summed E-state index contributed by atoms with van der Waals surface area (Å²) >= 11 is 1.65. The Morgan fingerprint density at radius 1 is 1.45 bits per heavy atom. The number of carbonyl (C=O) groups is 1. The SMILES string of the molecule is C[C@@H]1CC(=O)C2=C(C1)Nc1ncnn1[C@H]2c1cccs1. The molecule has 2 aliphatic rings. The summed E-state index contributed by atoms with van der Waals surface area (Å²) in [5.41, 5.74) is 1.89. The molecule has 0 unspecified atom stereocenters. The van der Waals surface area contributed by atoms with E-state index in [2.05, 4.69) is 28.4 Å². The van der Waals surface area contributed by atoms with Crippen molar-refractivity contribution in [3.05, 3.63) is 40.0 Å². The average Bonchev–Trinajstić information content (AvgIpc) is 3.06. The molecular weight excluding hydrogens is 272 g/mol. The number of thiophene rings is 1. The van der Waals surface area contributed by atoms with Crippen molar-refractivity contribution >= 4 is 23.1 Å². The number of nitrogens with one attached hydrogen (secondary N) is 1. The van der Waals surface area contributed by atoms with Gasteiger partial charge in [0, 0.05) is 22.6 Å². The van der Waals surface area contributed by atoms with Crippen LogP contribution in [-0.2, 0) is 4.79 Å². The van der Waals surface area contributed by atoms with Crippen LogP contribution in [0.25, 0.3) is 0 Å². The van der Waals surface area contributed by atoms with E-state index in [0.717, 1.165) is 28.5 Å². The van der Waals surface area contributed by atoms with Crippen molar-refractivity contribution in [1.29, 1.82) is 0 Å². The Kier molecular flexibility index (Phi) is 2.53. The normalized spacial score (nSPS) is 25.1. The molecule has 0 spiro atoms. The first-order chi connectivity index (χ1) is 9.74. The summed E-state index contributed by atoms with van der Waals surface area (Å²) in [5, 5.41) is 9.62. The monoisotopic (exact) mass is 286 g/mol. The predicted octanol–water partition coefficient (Wildman–Crippen LogP) is 2.61. The second kappa shape index (κ2) is 4.28. The Hall–Kier alpha value is -1.95. The van der Waals surface area contributed by atoms with Crippen LogP contribution in [-0.4, -0.2) is 20.5 Å². The highest BCUT2D eigenvalue weighted by Crippen LogP contribution is 2.41. The Balaban J connectivity index is 1.91. The van der Waals surface area contributed by atoms with Gasteiger partial charge in [-0.3, -0.25) is 4.79 Å². The van der Waals surface area contributed by atoms with Crippen LogP contribution in [0.4, 0.5) is 5.95 Å². The molecule has 0 bridgehead atoms. The van der Waals surface area contributed by atoms with E-state index >= 15 is 0 Å². The summed E-state index contributed by atoms with van der Waals surface area (Å²) in [6.45, 7) is 2.11. The molecular formula is C14H14N4OS. The van der Waals surface area contributed by atoms with E-state index in [4.69, 9.17) is 0 Å². The van der Waals surface area contributed by atoms with Gasteiger partial charge >= 0.3 is 0 Å². The maximum absolute atomic E-state index is 12.5. The van der Waals surface area contributed by atoms with Gasteiger partial charge in [0.15, 0.2) is 5.78 Å². The lowest BCUT2D eigenvalue weighted by atomic mass is 9.83. The molecule has 0 amide bonds. The summed E-state index contributed by atoms with van der Waals surface area (Å²) in [5.74, 6) is 1.34. The number of carbonyl (C=O) groups excluding carboxylic acids is 1. The van der Waals surface area contributed by atoms with Crippen molar-refractivity contribution in [2.75, 3.05) is 5.32 Å². The fraction of sp³-hybridized carbons (Fsp3) is 0.357. The van der Waals surface area contributed by atoms with Crippen LogP contribution in [0.5, 0.6) is 0 Å². The number of ketones is 1. The minimum atomic E-state index is -0.122. The third-order valence-electron chi connectivity index (χ3n) is 3.88. The number of Topliss-reactive ketones (excluding diaryl/α,β-unsaturated/α-hetero) is 1. The molecule has 3 heterocycles. The molecule has 2 atom stereocenters. The molecule has 0 saturated carbocycles. The number of aromatic nitrogens is 3. The zero-order valence-corrected chi connectivity index (χ0v) is 11.9. The van der Waals surface area contributed by atoms with Crippen molar-refractivity contribution in [3.63, 3.8) is 0 Å². The molecule has 1 aliphatic carbocycles. The first kappa shape index (κ1) is 11.8. The zero-order valence-electron chi connectivity index (χ0n) is 11.0. The number of hydrogen-bond donors (Lipinski definition) is 1. The Morgan fingerprint density at radius 2 is 2.35 bits per heavy atom. The first-order valence-corrected chi connectivity index (χ1v) is 7.58. The minimum Gasteiger partial charge on any atom is -0.328 e. The number of nitrogens with zero attached hydrogens (tertiary/aromatic N) is 3. The molecule has 4 rings (SSSR count). The standard InChI is InChI=1S/C14H14N4OS/c1-8-5-9-12(10(19)6-8)13(11-3-2-4-20-11)18-14(17-9)15-7-16-18/h2-4,7-8,13H,5-6H2,1H3,(H,15,16,17)/t8-,13-/m0/s1. The molecule has 1 N–H and O–H groups in total. The molecule has 5 nitrogen and oxygen atoms in total. The van der Waals surface area contributed by atoms with Crippen LogP contribution >= 0.6 is 11.3 Å². The predicted molar refractivity (Wildman–Crippen MR) is 76.5 cm³/mol. The molecule has 0 radical (unpaired) electrons. The lowest BCUT2D eigenvalue weighted by Crippen LogP contribution is -2.33. The molecule has 0 fully saturated rings. The molecule has 6 heteroatoms. The number of rotatable bonds is 1. The fourth-order valence-electron chi connectivity index (χ4n) is 3.06. The zero-order chi connectivity index (χ0) is 13.7. The molecule has 2 aromatic heterocycles. The second-order valence-electron chi connectivity index (χ2n) is 5.40. The van der Waals surface area contributed by atoms with Gasteiger partial charge in [0.1, 0.15) is 12.4 Å². The van der Waals surface area contributed by atoms with E-state index in [1.807, 2.05) is 16.1 Å². The lowest BCUT2D eigenvalue weighted by Gasteiger charge is -2.33. The van der Waals surface area contributed by atoms with E-state index in [9.17, 15) is 4.79 Å². The minimum absolute atomic E-state index is 0.122. The second-order valence-corrected chi connectivity index (χ2v) is 6.38. The van der Waals surface area contributed by atoms with Gasteiger partial charge in [0.05, 0.1) is 0 Å². The number of hydrogen-bond acceptors (Lipinski definition) is 5. The summed E-state index contributed by atoms with van der Waals surface area (Å²) < 4.78 is 1.82. The fourth-order valence-corrected chi connectivity index (χ4v) is 3.87. The molecule has 2 aromatic rings. The van der Waals surface area contributed by atoms with Crippen molar-refractivity contribution in [1.82, 2.24) is 14.8 Å². The number of anilines is 1. The van der Waals surface area contributed by atoms with Crippen molar-refractivity contribution in [3.8, 4) is 0 Å². The number of fused-ring (bicyclic) bond motifs is 1. The summed E-state index contributed by atoms with van der Waals surface area (Å²) in [4.78, 5) is 17.9. The third-order valence-corrected chi connectivity index (χ3v) is 4.80. The summed E-state index contributed by atoms with van der Waals surface area (Å²) in [6, 6.07) is 3.94. The van der Waals surface area contributed by atoms with E-state index in [1.165, 1.54) is 6.33 Å². The molecule has 0 saturated heterocycles. The smallest absolute Gasteiger partial charge is 0.226 e. The largest absolute Gasteiger partial charge is 0.328 e. The Labute approximate surface area is 120 Å². The van der Waals surface area contributed by atoms with E-state index in [0.29, 0.717) is 12.3 Å². The van der Waals surface area contributed by atoms with Crippen LogP contribution in [0.3, 0.4) is 0 Å².